The minimum absolute atomic E-state index is 0.577. The zero-order chi connectivity index (χ0) is 9.97. The first kappa shape index (κ1) is 8.43. The van der Waals surface area contributed by atoms with Crippen LogP contribution in [0.4, 0.5) is 0 Å². The van der Waals surface area contributed by atoms with Crippen LogP contribution < -0.4 is 0 Å². The minimum Gasteiger partial charge on any atom is -0.339 e. The molecular weight excluding hydrogens is 182 g/mol. The highest BCUT2D eigenvalue weighted by Crippen LogP contribution is 2.15. The summed E-state index contributed by atoms with van der Waals surface area (Å²) in [5, 5.41) is 13.6. The van der Waals surface area contributed by atoms with E-state index in [2.05, 4.69) is 5.10 Å². The Labute approximate surface area is 79.7 Å². The lowest BCUT2D eigenvalue weighted by Crippen LogP contribution is -2.08. The van der Waals surface area contributed by atoms with Gasteiger partial charge in [0, 0.05) is 16.4 Å². The SMILES string of the molecule is O=[N+]([O-])n1ccc(-c2ccccc2)n1. The summed E-state index contributed by atoms with van der Waals surface area (Å²) < 4.78 is 0. The van der Waals surface area contributed by atoms with Gasteiger partial charge in [-0.2, -0.15) is 0 Å². The van der Waals surface area contributed by atoms with Crippen molar-refractivity contribution in [2.45, 2.75) is 0 Å². The molecule has 0 amide bonds. The maximum Gasteiger partial charge on any atom is 0.210 e. The minimum atomic E-state index is -0.577. The van der Waals surface area contributed by atoms with Crippen LogP contribution in [0.5, 0.6) is 0 Å². The molecule has 0 unspecified atom stereocenters. The molecular formula is C9H7N3O2. The topological polar surface area (TPSA) is 61.0 Å². The van der Waals surface area contributed by atoms with Crippen LogP contribution in [-0.4, -0.2) is 14.9 Å². The van der Waals surface area contributed by atoms with Gasteiger partial charge in [-0.15, -0.1) is 0 Å². The predicted molar refractivity (Wildman–Crippen MR) is 50.1 cm³/mol. The fourth-order valence-electron chi connectivity index (χ4n) is 1.17. The van der Waals surface area contributed by atoms with Gasteiger partial charge >= 0.3 is 0 Å². The molecule has 5 nitrogen and oxygen atoms in total. The highest BCUT2D eigenvalue weighted by molar-refractivity contribution is 5.57. The van der Waals surface area contributed by atoms with E-state index in [1.807, 2.05) is 30.3 Å². The lowest BCUT2D eigenvalue weighted by atomic mass is 10.2. The molecule has 0 saturated carbocycles. The third-order valence-corrected chi connectivity index (χ3v) is 1.81. The Hall–Kier alpha value is -2.17. The third-order valence-electron chi connectivity index (χ3n) is 1.81. The van der Waals surface area contributed by atoms with Crippen LogP contribution in [0.25, 0.3) is 11.3 Å². The number of benzene rings is 1. The summed E-state index contributed by atoms with van der Waals surface area (Å²) in [6, 6.07) is 10.9. The summed E-state index contributed by atoms with van der Waals surface area (Å²) in [5.41, 5.74) is 1.47. The molecule has 1 heterocycles. The molecule has 0 radical (unpaired) electrons. The molecule has 0 fully saturated rings. The Kier molecular flexibility index (Phi) is 1.98. The van der Waals surface area contributed by atoms with Crippen molar-refractivity contribution >= 4 is 0 Å². The summed E-state index contributed by atoms with van der Waals surface area (Å²) in [4.78, 5) is 11.0. The van der Waals surface area contributed by atoms with Crippen molar-refractivity contribution in [3.8, 4) is 11.3 Å². The first-order chi connectivity index (χ1) is 6.77. The third kappa shape index (κ3) is 1.47. The van der Waals surface area contributed by atoms with Crippen LogP contribution >= 0.6 is 0 Å². The van der Waals surface area contributed by atoms with Crippen LogP contribution in [0.1, 0.15) is 0 Å². The largest absolute Gasteiger partial charge is 0.339 e. The van der Waals surface area contributed by atoms with Crippen molar-refractivity contribution in [2.24, 2.45) is 0 Å². The maximum atomic E-state index is 10.4. The standard InChI is InChI=1S/C9H7N3O2/c13-12(14)11-7-6-9(10-11)8-4-2-1-3-5-8/h1-7H. The van der Waals surface area contributed by atoms with Gasteiger partial charge in [0.2, 0.25) is 5.69 Å². The number of hydrogen-bond acceptors (Lipinski definition) is 3. The van der Waals surface area contributed by atoms with Gasteiger partial charge in [-0.1, -0.05) is 30.3 Å². The van der Waals surface area contributed by atoms with Crippen molar-refractivity contribution in [3.63, 3.8) is 0 Å². The Morgan fingerprint density at radius 3 is 2.50 bits per heavy atom. The van der Waals surface area contributed by atoms with E-state index in [0.717, 1.165) is 5.56 Å². The molecule has 1 aromatic carbocycles. The monoisotopic (exact) mass is 189 g/mol. The molecule has 14 heavy (non-hydrogen) atoms. The summed E-state index contributed by atoms with van der Waals surface area (Å²) in [5.74, 6) is 0. The van der Waals surface area contributed by atoms with Gasteiger partial charge < -0.3 is 10.1 Å². The van der Waals surface area contributed by atoms with Crippen LogP contribution in [0.3, 0.4) is 0 Å². The van der Waals surface area contributed by atoms with Gasteiger partial charge in [-0.3, -0.25) is 0 Å². The highest BCUT2D eigenvalue weighted by atomic mass is 16.7. The summed E-state index contributed by atoms with van der Waals surface area (Å²) >= 11 is 0. The van der Waals surface area contributed by atoms with Crippen molar-refractivity contribution in [1.82, 2.24) is 9.89 Å². The van der Waals surface area contributed by atoms with Crippen LogP contribution in [-0.2, 0) is 0 Å². The smallest absolute Gasteiger partial charge is 0.210 e. The molecule has 0 N–H and O–H groups in total. The molecule has 0 aliphatic carbocycles. The average Bonchev–Trinajstić information content (AvgIpc) is 2.68. The Morgan fingerprint density at radius 2 is 1.93 bits per heavy atom. The zero-order valence-electron chi connectivity index (χ0n) is 7.20. The Balaban J connectivity index is 2.39. The molecule has 2 rings (SSSR count). The fourth-order valence-corrected chi connectivity index (χ4v) is 1.17. The van der Waals surface area contributed by atoms with Crippen molar-refractivity contribution in [1.29, 1.82) is 0 Å². The van der Waals surface area contributed by atoms with Gasteiger partial charge in [-0.25, -0.2) is 0 Å². The second kappa shape index (κ2) is 3.29. The molecule has 0 aliphatic heterocycles. The summed E-state index contributed by atoms with van der Waals surface area (Å²) in [7, 11) is 0. The molecule has 5 heteroatoms. The van der Waals surface area contributed by atoms with Crippen LogP contribution in [0.2, 0.25) is 0 Å². The van der Waals surface area contributed by atoms with Crippen molar-refractivity contribution in [2.75, 3.05) is 0 Å². The quantitative estimate of drug-likeness (QED) is 0.532. The van der Waals surface area contributed by atoms with Gasteiger partial charge in [0.15, 0.2) is 0 Å². The van der Waals surface area contributed by atoms with E-state index < -0.39 is 5.03 Å². The number of aromatic nitrogens is 2. The summed E-state index contributed by atoms with van der Waals surface area (Å²) in [6.45, 7) is 0. The van der Waals surface area contributed by atoms with Crippen LogP contribution in [0.15, 0.2) is 42.6 Å². The first-order valence-corrected chi connectivity index (χ1v) is 4.03. The van der Waals surface area contributed by atoms with E-state index in [9.17, 15) is 10.1 Å². The predicted octanol–water partition coefficient (Wildman–Crippen LogP) is 1.59. The normalized spacial score (nSPS) is 10.0. The van der Waals surface area contributed by atoms with E-state index in [-0.39, 0.29) is 0 Å². The summed E-state index contributed by atoms with van der Waals surface area (Å²) in [6.07, 6.45) is 1.32. The zero-order valence-corrected chi connectivity index (χ0v) is 7.20. The van der Waals surface area contributed by atoms with Crippen LogP contribution in [0, 0.1) is 10.1 Å². The van der Waals surface area contributed by atoms with Gasteiger partial charge in [0.1, 0.15) is 6.20 Å². The van der Waals surface area contributed by atoms with Crippen molar-refractivity contribution in [3.05, 3.63) is 52.7 Å². The van der Waals surface area contributed by atoms with E-state index in [1.54, 1.807) is 6.07 Å². The number of rotatable bonds is 2. The van der Waals surface area contributed by atoms with Crippen molar-refractivity contribution < 1.29 is 5.03 Å². The maximum absolute atomic E-state index is 10.4. The molecule has 0 saturated heterocycles. The van der Waals surface area contributed by atoms with E-state index >= 15 is 0 Å². The second-order valence-corrected chi connectivity index (χ2v) is 2.73. The molecule has 1 aromatic heterocycles. The number of nitrogens with zero attached hydrogens (tertiary/aromatic N) is 3. The molecule has 0 spiro atoms. The molecule has 0 bridgehead atoms. The van der Waals surface area contributed by atoms with E-state index in [1.165, 1.54) is 6.20 Å². The van der Waals surface area contributed by atoms with E-state index in [4.69, 9.17) is 0 Å². The second-order valence-electron chi connectivity index (χ2n) is 2.73. The Bertz CT molecular complexity index is 450. The van der Waals surface area contributed by atoms with Gasteiger partial charge in [0.05, 0.1) is 10.1 Å². The molecule has 0 aliphatic rings. The Morgan fingerprint density at radius 1 is 1.21 bits per heavy atom. The fraction of sp³-hybridized carbons (Fsp3) is 0. The van der Waals surface area contributed by atoms with Gasteiger partial charge in [-0.05, 0) is 0 Å². The molecule has 0 atom stereocenters. The number of hydrogen-bond donors (Lipinski definition) is 0. The lowest BCUT2D eigenvalue weighted by Gasteiger charge is -1.90. The first-order valence-electron chi connectivity index (χ1n) is 4.03. The van der Waals surface area contributed by atoms with E-state index in [0.29, 0.717) is 10.5 Å². The number of nitro groups is 1. The average molecular weight is 189 g/mol. The molecule has 2 aromatic rings. The molecule has 70 valence electrons. The highest BCUT2D eigenvalue weighted by Gasteiger charge is 2.09. The van der Waals surface area contributed by atoms with Gasteiger partial charge in [0.25, 0.3) is 0 Å². The lowest BCUT2D eigenvalue weighted by molar-refractivity contribution is -0.552.